The third-order valence-corrected chi connectivity index (χ3v) is 3.22. The lowest BCUT2D eigenvalue weighted by molar-refractivity contribution is 0.0610. The Hall–Kier alpha value is -1.09. The van der Waals surface area contributed by atoms with Crippen molar-refractivity contribution in [1.29, 1.82) is 0 Å². The smallest absolute Gasteiger partial charge is 0.168 e. The predicted molar refractivity (Wildman–Crippen MR) is 66.9 cm³/mol. The first kappa shape index (κ1) is 12.4. The first-order valence-corrected chi connectivity index (χ1v) is 6.16. The van der Waals surface area contributed by atoms with Crippen LogP contribution in [0.25, 0.3) is 0 Å². The molecule has 0 aromatic heterocycles. The van der Waals surface area contributed by atoms with Gasteiger partial charge >= 0.3 is 0 Å². The third kappa shape index (κ3) is 2.29. The molecular formula is C14H20FNO. The lowest BCUT2D eigenvalue weighted by Gasteiger charge is -2.38. The van der Waals surface area contributed by atoms with E-state index in [4.69, 9.17) is 4.74 Å². The Bertz CT molecular complexity index is 428. The summed E-state index contributed by atoms with van der Waals surface area (Å²) >= 11 is 0. The number of ether oxygens (including phenoxy) is 1. The van der Waals surface area contributed by atoms with Gasteiger partial charge in [-0.25, -0.2) is 4.39 Å². The van der Waals surface area contributed by atoms with Crippen LogP contribution in [0, 0.1) is 12.7 Å². The summed E-state index contributed by atoms with van der Waals surface area (Å²) in [4.78, 5) is 0. The molecule has 0 aliphatic carbocycles. The van der Waals surface area contributed by atoms with E-state index in [1.165, 1.54) is 0 Å². The van der Waals surface area contributed by atoms with Crippen LogP contribution < -0.4 is 10.1 Å². The fourth-order valence-electron chi connectivity index (χ4n) is 2.40. The molecule has 1 atom stereocenters. The van der Waals surface area contributed by atoms with Crippen molar-refractivity contribution < 1.29 is 9.13 Å². The SMILES string of the molecule is CCNC1CC(C)(C)Oc2c1ccc(C)c2F. The first-order chi connectivity index (χ1) is 7.94. The Kier molecular flexibility index (Phi) is 3.13. The van der Waals surface area contributed by atoms with E-state index in [2.05, 4.69) is 12.2 Å². The van der Waals surface area contributed by atoms with E-state index in [0.717, 1.165) is 18.5 Å². The van der Waals surface area contributed by atoms with Crippen molar-refractivity contribution in [2.75, 3.05) is 6.54 Å². The van der Waals surface area contributed by atoms with Crippen molar-refractivity contribution in [3.05, 3.63) is 29.1 Å². The number of halogens is 1. The molecule has 1 aliphatic rings. The lowest BCUT2D eigenvalue weighted by atomic mass is 9.89. The minimum absolute atomic E-state index is 0.175. The van der Waals surface area contributed by atoms with Crippen LogP contribution in [0.2, 0.25) is 0 Å². The van der Waals surface area contributed by atoms with Crippen LogP contribution in [0.3, 0.4) is 0 Å². The second-order valence-corrected chi connectivity index (χ2v) is 5.29. The zero-order valence-electron chi connectivity index (χ0n) is 10.9. The topological polar surface area (TPSA) is 21.3 Å². The molecule has 1 heterocycles. The van der Waals surface area contributed by atoms with Gasteiger partial charge in [-0.1, -0.05) is 19.1 Å². The highest BCUT2D eigenvalue weighted by molar-refractivity contribution is 5.43. The molecule has 2 rings (SSSR count). The van der Waals surface area contributed by atoms with E-state index >= 15 is 0 Å². The highest BCUT2D eigenvalue weighted by atomic mass is 19.1. The summed E-state index contributed by atoms with van der Waals surface area (Å²) < 4.78 is 19.9. The molecule has 0 bridgehead atoms. The van der Waals surface area contributed by atoms with E-state index in [0.29, 0.717) is 11.3 Å². The van der Waals surface area contributed by atoms with Gasteiger partial charge in [0, 0.05) is 18.0 Å². The molecule has 3 heteroatoms. The fourth-order valence-corrected chi connectivity index (χ4v) is 2.40. The standard InChI is InChI=1S/C14H20FNO/c1-5-16-11-8-14(3,4)17-13-10(11)7-6-9(2)12(13)15/h6-7,11,16H,5,8H2,1-4H3. The van der Waals surface area contributed by atoms with Gasteiger partial charge in [0.25, 0.3) is 0 Å². The number of hydrogen-bond acceptors (Lipinski definition) is 2. The maximum Gasteiger partial charge on any atom is 0.168 e. The van der Waals surface area contributed by atoms with Gasteiger partial charge in [-0.15, -0.1) is 0 Å². The van der Waals surface area contributed by atoms with Gasteiger partial charge < -0.3 is 10.1 Å². The Labute approximate surface area is 102 Å². The molecule has 0 saturated carbocycles. The van der Waals surface area contributed by atoms with Gasteiger partial charge in [-0.05, 0) is 32.9 Å². The molecule has 1 N–H and O–H groups in total. The van der Waals surface area contributed by atoms with Crippen LogP contribution in [-0.4, -0.2) is 12.1 Å². The quantitative estimate of drug-likeness (QED) is 0.851. The molecule has 1 unspecified atom stereocenters. The Balaban J connectivity index is 2.48. The molecular weight excluding hydrogens is 217 g/mol. The molecule has 0 saturated heterocycles. The average Bonchev–Trinajstić information content (AvgIpc) is 2.23. The zero-order chi connectivity index (χ0) is 12.6. The molecule has 2 nitrogen and oxygen atoms in total. The van der Waals surface area contributed by atoms with Crippen molar-refractivity contribution in [2.45, 2.75) is 45.8 Å². The van der Waals surface area contributed by atoms with Crippen LogP contribution in [0.15, 0.2) is 12.1 Å². The fraction of sp³-hybridized carbons (Fsp3) is 0.571. The van der Waals surface area contributed by atoms with E-state index < -0.39 is 0 Å². The van der Waals surface area contributed by atoms with Gasteiger partial charge in [0.15, 0.2) is 11.6 Å². The predicted octanol–water partition coefficient (Wildman–Crippen LogP) is 3.35. The normalized spacial score (nSPS) is 21.8. The van der Waals surface area contributed by atoms with E-state index in [1.54, 1.807) is 6.92 Å². The highest BCUT2D eigenvalue weighted by Crippen LogP contribution is 2.41. The van der Waals surface area contributed by atoms with Crippen LogP contribution in [0.4, 0.5) is 4.39 Å². The zero-order valence-corrected chi connectivity index (χ0v) is 10.9. The number of hydrogen-bond donors (Lipinski definition) is 1. The largest absolute Gasteiger partial charge is 0.484 e. The Morgan fingerprint density at radius 1 is 1.47 bits per heavy atom. The number of benzene rings is 1. The average molecular weight is 237 g/mol. The van der Waals surface area contributed by atoms with Gasteiger partial charge in [-0.2, -0.15) is 0 Å². The first-order valence-electron chi connectivity index (χ1n) is 6.16. The summed E-state index contributed by atoms with van der Waals surface area (Å²) in [5.41, 5.74) is 1.25. The maximum atomic E-state index is 14.1. The molecule has 94 valence electrons. The highest BCUT2D eigenvalue weighted by Gasteiger charge is 2.35. The van der Waals surface area contributed by atoms with Crippen LogP contribution in [-0.2, 0) is 0 Å². The number of nitrogens with one attached hydrogen (secondary N) is 1. The van der Waals surface area contributed by atoms with Crippen molar-refractivity contribution >= 4 is 0 Å². The molecule has 0 spiro atoms. The van der Waals surface area contributed by atoms with Gasteiger partial charge in [0.2, 0.25) is 0 Å². The molecule has 0 amide bonds. The second-order valence-electron chi connectivity index (χ2n) is 5.29. The molecule has 0 fully saturated rings. The van der Waals surface area contributed by atoms with E-state index in [1.807, 2.05) is 26.0 Å². The maximum absolute atomic E-state index is 14.1. The third-order valence-electron chi connectivity index (χ3n) is 3.22. The number of rotatable bonds is 2. The van der Waals surface area contributed by atoms with E-state index in [-0.39, 0.29) is 17.5 Å². The summed E-state index contributed by atoms with van der Waals surface area (Å²) in [5, 5.41) is 3.40. The van der Waals surface area contributed by atoms with E-state index in [9.17, 15) is 4.39 Å². The number of fused-ring (bicyclic) bond motifs is 1. The Morgan fingerprint density at radius 2 is 2.18 bits per heavy atom. The minimum atomic E-state index is -0.325. The van der Waals surface area contributed by atoms with Crippen molar-refractivity contribution in [3.8, 4) is 5.75 Å². The minimum Gasteiger partial charge on any atom is -0.484 e. The second kappa shape index (κ2) is 4.30. The van der Waals surface area contributed by atoms with Crippen molar-refractivity contribution in [3.63, 3.8) is 0 Å². The van der Waals surface area contributed by atoms with Crippen molar-refractivity contribution in [1.82, 2.24) is 5.32 Å². The van der Waals surface area contributed by atoms with Crippen LogP contribution in [0.5, 0.6) is 5.75 Å². The van der Waals surface area contributed by atoms with Gasteiger partial charge in [0.05, 0.1) is 0 Å². The molecule has 1 aromatic carbocycles. The summed E-state index contributed by atoms with van der Waals surface area (Å²) in [6.45, 7) is 8.70. The number of aryl methyl sites for hydroxylation is 1. The molecule has 1 aromatic rings. The molecule has 17 heavy (non-hydrogen) atoms. The summed E-state index contributed by atoms with van der Waals surface area (Å²) in [5.74, 6) is 0.199. The lowest BCUT2D eigenvalue weighted by Crippen LogP contribution is -2.40. The van der Waals surface area contributed by atoms with Crippen molar-refractivity contribution in [2.24, 2.45) is 0 Å². The molecule has 0 radical (unpaired) electrons. The van der Waals surface area contributed by atoms with Gasteiger partial charge in [0.1, 0.15) is 5.60 Å². The van der Waals surface area contributed by atoms with Crippen LogP contribution >= 0.6 is 0 Å². The Morgan fingerprint density at radius 3 is 2.82 bits per heavy atom. The summed E-state index contributed by atoms with van der Waals surface area (Å²) in [7, 11) is 0. The molecule has 1 aliphatic heterocycles. The summed E-state index contributed by atoms with van der Waals surface area (Å²) in [6.07, 6.45) is 0.857. The summed E-state index contributed by atoms with van der Waals surface area (Å²) in [6, 6.07) is 3.96. The monoisotopic (exact) mass is 237 g/mol. The van der Waals surface area contributed by atoms with Gasteiger partial charge in [-0.3, -0.25) is 0 Å². The van der Waals surface area contributed by atoms with Crippen LogP contribution in [0.1, 0.15) is 44.4 Å².